The van der Waals surface area contributed by atoms with E-state index in [4.69, 9.17) is 10.5 Å². The highest BCUT2D eigenvalue weighted by Gasteiger charge is 2.18. The average molecular weight is 495 g/mol. The van der Waals surface area contributed by atoms with Crippen molar-refractivity contribution in [2.24, 2.45) is 10.7 Å². The van der Waals surface area contributed by atoms with Gasteiger partial charge in [-0.3, -0.25) is 0 Å². The van der Waals surface area contributed by atoms with E-state index in [0.29, 0.717) is 22.2 Å². The molecule has 0 saturated carbocycles. The van der Waals surface area contributed by atoms with Gasteiger partial charge in [0.15, 0.2) is 0 Å². The Bertz CT molecular complexity index is 1680. The van der Waals surface area contributed by atoms with Crippen LogP contribution < -0.4 is 10.5 Å². The minimum Gasteiger partial charge on any atom is -0.477 e. The number of carboxylic acid groups (broad SMARTS) is 1. The summed E-state index contributed by atoms with van der Waals surface area (Å²) in [6.07, 6.45) is 2.34. The summed E-state index contributed by atoms with van der Waals surface area (Å²) in [7, 11) is 1.21. The van der Waals surface area contributed by atoms with Crippen LogP contribution in [0.25, 0.3) is 21.7 Å². The van der Waals surface area contributed by atoms with Gasteiger partial charge in [-0.05, 0) is 46.7 Å². The lowest BCUT2D eigenvalue weighted by Crippen LogP contribution is -2.16. The largest absolute Gasteiger partial charge is 0.477 e. The smallest absolute Gasteiger partial charge is 0.435 e. The lowest BCUT2D eigenvalue weighted by molar-refractivity contribution is 0.0686. The molecule has 0 fully saturated rings. The fourth-order valence-corrected chi connectivity index (χ4v) is 4.13. The number of carbonyl (C=O) groups is 2. The molecule has 37 heavy (non-hydrogen) atoms. The van der Waals surface area contributed by atoms with Gasteiger partial charge >= 0.3 is 18.1 Å². The molecule has 0 unspecified atom stereocenters. The van der Waals surface area contributed by atoms with Gasteiger partial charge in [-0.2, -0.15) is 4.99 Å². The predicted octanol–water partition coefficient (Wildman–Crippen LogP) is 4.60. The van der Waals surface area contributed by atoms with Gasteiger partial charge in [-0.15, -0.1) is 0 Å². The molecule has 3 N–H and O–H groups in total. The van der Waals surface area contributed by atoms with Crippen molar-refractivity contribution >= 4 is 39.6 Å². The van der Waals surface area contributed by atoms with Gasteiger partial charge < -0.3 is 24.9 Å². The van der Waals surface area contributed by atoms with Crippen LogP contribution in [0, 0.1) is 0 Å². The zero-order valence-electron chi connectivity index (χ0n) is 19.7. The van der Waals surface area contributed by atoms with Crippen LogP contribution in [0.3, 0.4) is 0 Å². The molecular formula is C27H21N5O5. The normalized spacial score (nSPS) is 11.5. The Kier molecular flexibility index (Phi) is 6.21. The summed E-state index contributed by atoms with van der Waals surface area (Å²) >= 11 is 0. The van der Waals surface area contributed by atoms with E-state index in [-0.39, 0.29) is 24.1 Å². The van der Waals surface area contributed by atoms with Crippen molar-refractivity contribution < 1.29 is 24.2 Å². The van der Waals surface area contributed by atoms with E-state index in [1.807, 2.05) is 36.4 Å². The van der Waals surface area contributed by atoms with E-state index in [2.05, 4.69) is 19.7 Å². The summed E-state index contributed by atoms with van der Waals surface area (Å²) < 4.78 is 12.1. The summed E-state index contributed by atoms with van der Waals surface area (Å²) in [6.45, 7) is 0.218. The molecule has 0 saturated heterocycles. The zero-order chi connectivity index (χ0) is 25.9. The first-order chi connectivity index (χ1) is 17.9. The molecule has 3 aromatic carbocycles. The van der Waals surface area contributed by atoms with E-state index in [0.717, 1.165) is 16.3 Å². The maximum Gasteiger partial charge on any atom is 0.435 e. The minimum absolute atomic E-state index is 0.0397. The van der Waals surface area contributed by atoms with Crippen LogP contribution in [0.2, 0.25) is 0 Å². The van der Waals surface area contributed by atoms with Crippen LogP contribution in [-0.2, 0) is 11.3 Å². The highest BCUT2D eigenvalue weighted by Crippen LogP contribution is 2.30. The molecule has 0 spiro atoms. The van der Waals surface area contributed by atoms with E-state index >= 15 is 0 Å². The third-order valence-electron chi connectivity index (χ3n) is 5.81. The summed E-state index contributed by atoms with van der Waals surface area (Å²) in [5, 5.41) is 12.5. The molecular weight excluding hydrogens is 474 g/mol. The van der Waals surface area contributed by atoms with E-state index in [1.54, 1.807) is 47.3 Å². The zero-order valence-corrected chi connectivity index (χ0v) is 19.7. The maximum absolute atomic E-state index is 12.2. The maximum atomic E-state index is 12.2. The van der Waals surface area contributed by atoms with E-state index in [1.165, 1.54) is 7.11 Å². The Morgan fingerprint density at radius 3 is 2.54 bits per heavy atom. The van der Waals surface area contributed by atoms with Crippen molar-refractivity contribution in [2.45, 2.75) is 6.54 Å². The van der Waals surface area contributed by atoms with Gasteiger partial charge in [0.05, 0.1) is 7.11 Å². The SMILES string of the molecule is COC(=O)/N=C(\N)c1ccc2cc(C(=O)O)n(Cc3cc(Oc4ncccn4)cc4ccccc34)c2c1. The number of aromatic carboxylic acids is 1. The molecule has 10 nitrogen and oxygen atoms in total. The lowest BCUT2D eigenvalue weighted by Gasteiger charge is -2.14. The second-order valence-electron chi connectivity index (χ2n) is 8.10. The summed E-state index contributed by atoms with van der Waals surface area (Å²) in [4.78, 5) is 35.7. The lowest BCUT2D eigenvalue weighted by atomic mass is 10.0. The van der Waals surface area contributed by atoms with Gasteiger partial charge in [0, 0.05) is 35.4 Å². The van der Waals surface area contributed by atoms with Gasteiger partial charge in [0.2, 0.25) is 0 Å². The Balaban J connectivity index is 1.64. The van der Waals surface area contributed by atoms with Crippen LogP contribution in [-0.4, -0.2) is 44.6 Å². The Morgan fingerprint density at radius 2 is 1.78 bits per heavy atom. The number of benzene rings is 3. The Hall–Kier alpha value is -5.25. The van der Waals surface area contributed by atoms with Crippen molar-refractivity contribution in [2.75, 3.05) is 7.11 Å². The number of amides is 1. The van der Waals surface area contributed by atoms with Gasteiger partial charge in [-0.25, -0.2) is 19.6 Å². The third kappa shape index (κ3) is 4.80. The molecule has 0 bridgehead atoms. The van der Waals surface area contributed by atoms with Gasteiger partial charge in [0.25, 0.3) is 0 Å². The molecule has 5 rings (SSSR count). The van der Waals surface area contributed by atoms with Crippen molar-refractivity contribution in [1.82, 2.24) is 14.5 Å². The van der Waals surface area contributed by atoms with E-state index < -0.39 is 12.1 Å². The van der Waals surface area contributed by atoms with E-state index in [9.17, 15) is 14.7 Å². The van der Waals surface area contributed by atoms with Crippen molar-refractivity contribution in [3.63, 3.8) is 0 Å². The monoisotopic (exact) mass is 495 g/mol. The Labute approximate surface area is 210 Å². The molecule has 0 aliphatic rings. The van der Waals surface area contributed by atoms with Crippen molar-refractivity contribution in [1.29, 1.82) is 0 Å². The molecule has 1 amide bonds. The number of carbonyl (C=O) groups excluding carboxylic acids is 1. The molecule has 184 valence electrons. The number of methoxy groups -OCH3 is 1. The first-order valence-electron chi connectivity index (χ1n) is 11.2. The number of ether oxygens (including phenoxy) is 2. The summed E-state index contributed by atoms with van der Waals surface area (Å²) in [5.74, 6) is -0.603. The molecule has 0 atom stereocenters. The average Bonchev–Trinajstić information content (AvgIpc) is 3.27. The predicted molar refractivity (Wildman–Crippen MR) is 137 cm³/mol. The quantitative estimate of drug-likeness (QED) is 0.257. The number of rotatable bonds is 6. The Morgan fingerprint density at radius 1 is 1.00 bits per heavy atom. The van der Waals surface area contributed by atoms with Gasteiger partial charge in [-0.1, -0.05) is 36.4 Å². The number of aromatic nitrogens is 3. The molecule has 2 heterocycles. The highest BCUT2D eigenvalue weighted by atomic mass is 16.5. The van der Waals surface area contributed by atoms with Crippen LogP contribution in [0.1, 0.15) is 21.6 Å². The van der Waals surface area contributed by atoms with Crippen molar-refractivity contribution in [3.05, 3.63) is 95.9 Å². The first-order valence-corrected chi connectivity index (χ1v) is 11.2. The number of aliphatic imine (C=N–C) groups is 1. The summed E-state index contributed by atoms with van der Waals surface area (Å²) in [6, 6.07) is 20.1. The van der Waals surface area contributed by atoms with Crippen molar-refractivity contribution in [3.8, 4) is 11.8 Å². The standard InChI is InChI=1S/C27H21N5O5/c1-36-27(35)31-24(28)18-8-7-17-13-23(25(33)34)32(22(17)14-18)15-19-12-20(37-26-29-9-4-10-30-26)11-16-5-2-3-6-21(16)19/h2-14H,15H2,1H3,(H,33,34)(H2,28,31,35). The third-order valence-corrected chi connectivity index (χ3v) is 5.81. The number of nitrogens with zero attached hydrogens (tertiary/aromatic N) is 4. The number of carboxylic acids is 1. The highest BCUT2D eigenvalue weighted by molar-refractivity contribution is 6.05. The number of nitrogens with two attached hydrogens (primary N) is 1. The van der Waals surface area contributed by atoms with Crippen LogP contribution in [0.5, 0.6) is 11.8 Å². The molecule has 10 heteroatoms. The second-order valence-corrected chi connectivity index (χ2v) is 8.10. The fourth-order valence-electron chi connectivity index (χ4n) is 4.13. The molecule has 0 radical (unpaired) electrons. The number of fused-ring (bicyclic) bond motifs is 2. The topological polar surface area (TPSA) is 142 Å². The minimum atomic E-state index is -1.08. The molecule has 0 aliphatic carbocycles. The molecule has 5 aromatic rings. The van der Waals surface area contributed by atoms with Crippen LogP contribution >= 0.6 is 0 Å². The number of hydrogen-bond acceptors (Lipinski definition) is 6. The fraction of sp³-hybridized carbons (Fsp3) is 0.0741. The van der Waals surface area contributed by atoms with Crippen LogP contribution in [0.15, 0.2) is 84.1 Å². The number of amidine groups is 1. The summed E-state index contributed by atoms with van der Waals surface area (Å²) in [5.41, 5.74) is 7.98. The number of hydrogen-bond donors (Lipinski definition) is 2. The molecule has 2 aromatic heterocycles. The van der Waals surface area contributed by atoms with Gasteiger partial charge in [0.1, 0.15) is 17.3 Å². The van der Waals surface area contributed by atoms with Crippen LogP contribution in [0.4, 0.5) is 4.79 Å². The second kappa shape index (κ2) is 9.78. The molecule has 0 aliphatic heterocycles. The first kappa shape index (κ1) is 23.5.